The Morgan fingerprint density at radius 3 is 2.85 bits per heavy atom. The van der Waals surface area contributed by atoms with E-state index in [1.807, 2.05) is 42.5 Å². The van der Waals surface area contributed by atoms with Crippen molar-refractivity contribution < 1.29 is 9.52 Å². The van der Waals surface area contributed by atoms with E-state index in [9.17, 15) is 15.2 Å². The van der Waals surface area contributed by atoms with Crippen molar-refractivity contribution in [1.29, 1.82) is 5.26 Å². The van der Waals surface area contributed by atoms with Crippen LogP contribution in [-0.2, 0) is 6.42 Å². The maximum atomic E-state index is 12.2. The molecule has 0 radical (unpaired) electrons. The Hall–Kier alpha value is -2.87. The second-order valence-corrected chi connectivity index (χ2v) is 6.73. The highest BCUT2D eigenvalue weighted by Crippen LogP contribution is 2.36. The number of rotatable bonds is 2. The van der Waals surface area contributed by atoms with Gasteiger partial charge in [0.15, 0.2) is 0 Å². The lowest BCUT2D eigenvalue weighted by Crippen LogP contribution is -2.19. The minimum absolute atomic E-state index is 0.0424. The van der Waals surface area contributed by atoms with E-state index in [4.69, 9.17) is 16.0 Å². The Morgan fingerprint density at radius 2 is 2.04 bits per heavy atom. The van der Waals surface area contributed by atoms with Crippen LogP contribution in [0.1, 0.15) is 28.4 Å². The molecule has 2 aromatic carbocycles. The van der Waals surface area contributed by atoms with Crippen molar-refractivity contribution in [2.75, 3.05) is 0 Å². The summed E-state index contributed by atoms with van der Waals surface area (Å²) in [6, 6.07) is 14.5. The third-order valence-electron chi connectivity index (χ3n) is 4.77. The van der Waals surface area contributed by atoms with Gasteiger partial charge in [-0.1, -0.05) is 48.0 Å². The van der Waals surface area contributed by atoms with E-state index >= 15 is 0 Å². The summed E-state index contributed by atoms with van der Waals surface area (Å²) in [5.74, 6) is -0.263. The Labute approximate surface area is 154 Å². The number of hydrogen-bond acceptors (Lipinski definition) is 4. The molecule has 0 saturated carbocycles. The molecule has 0 aliphatic heterocycles. The van der Waals surface area contributed by atoms with Gasteiger partial charge < -0.3 is 9.52 Å². The van der Waals surface area contributed by atoms with Gasteiger partial charge in [-0.3, -0.25) is 0 Å². The van der Waals surface area contributed by atoms with Gasteiger partial charge in [0.2, 0.25) is 0 Å². The predicted molar refractivity (Wildman–Crippen MR) is 99.8 cm³/mol. The topological polar surface area (TPSA) is 74.2 Å². The van der Waals surface area contributed by atoms with E-state index in [0.29, 0.717) is 28.0 Å². The van der Waals surface area contributed by atoms with Gasteiger partial charge in [-0.25, -0.2) is 4.79 Å². The van der Waals surface area contributed by atoms with Crippen LogP contribution in [0.25, 0.3) is 17.0 Å². The van der Waals surface area contributed by atoms with Gasteiger partial charge in [-0.2, -0.15) is 5.26 Å². The molecule has 1 aliphatic carbocycles. The van der Waals surface area contributed by atoms with E-state index in [1.165, 1.54) is 0 Å². The summed E-state index contributed by atoms with van der Waals surface area (Å²) in [5.41, 5.74) is 2.02. The van der Waals surface area contributed by atoms with Crippen LogP contribution < -0.4 is 5.63 Å². The van der Waals surface area contributed by atoms with Crippen molar-refractivity contribution in [3.8, 4) is 6.07 Å². The molecule has 1 heterocycles. The monoisotopic (exact) mass is 363 g/mol. The minimum Gasteiger partial charge on any atom is -0.422 e. The van der Waals surface area contributed by atoms with Crippen LogP contribution in [0.2, 0.25) is 5.02 Å². The number of nitrogens with zero attached hydrogens (tertiary/aromatic N) is 1. The standard InChI is InChI=1S/C21H14ClNO3/c22-14-7-8-19-17(10-14)16(18(11-23)21(25)26-19)9-13-6-5-12-3-1-2-4-15(12)20(13)24/h1-8,10,13,20,24H,9H2/t13-,20-/m0/s1. The molecule has 1 N–H and O–H groups in total. The third kappa shape index (κ3) is 2.72. The molecule has 0 amide bonds. The fourth-order valence-electron chi connectivity index (χ4n) is 3.47. The lowest BCUT2D eigenvalue weighted by Gasteiger charge is -2.26. The molecule has 0 bridgehead atoms. The number of benzene rings is 2. The van der Waals surface area contributed by atoms with Crippen molar-refractivity contribution in [3.05, 3.63) is 86.2 Å². The maximum Gasteiger partial charge on any atom is 0.354 e. The largest absolute Gasteiger partial charge is 0.422 e. The minimum atomic E-state index is -0.718. The van der Waals surface area contributed by atoms with E-state index < -0.39 is 11.7 Å². The van der Waals surface area contributed by atoms with Crippen LogP contribution in [0.4, 0.5) is 0 Å². The summed E-state index contributed by atoms with van der Waals surface area (Å²) in [7, 11) is 0. The number of aliphatic hydroxyl groups is 1. The fraction of sp³-hybridized carbons (Fsp3) is 0.143. The summed E-state index contributed by atoms with van der Waals surface area (Å²) in [6.07, 6.45) is 3.49. The van der Waals surface area contributed by atoms with E-state index in [0.717, 1.165) is 11.1 Å². The average Bonchev–Trinajstić information content (AvgIpc) is 2.65. The van der Waals surface area contributed by atoms with Crippen LogP contribution in [0.15, 0.2) is 57.8 Å². The highest BCUT2D eigenvalue weighted by Gasteiger charge is 2.27. The first kappa shape index (κ1) is 16.6. The van der Waals surface area contributed by atoms with E-state index in [1.54, 1.807) is 18.2 Å². The zero-order chi connectivity index (χ0) is 18.3. The van der Waals surface area contributed by atoms with Crippen molar-refractivity contribution in [2.24, 2.45) is 5.92 Å². The molecule has 26 heavy (non-hydrogen) atoms. The Kier molecular flexibility index (Phi) is 4.12. The van der Waals surface area contributed by atoms with E-state index in [-0.39, 0.29) is 11.5 Å². The van der Waals surface area contributed by atoms with Crippen molar-refractivity contribution >= 4 is 28.6 Å². The van der Waals surface area contributed by atoms with E-state index in [2.05, 4.69) is 0 Å². The normalized spacial score (nSPS) is 18.5. The molecule has 1 aromatic heterocycles. The zero-order valence-corrected chi connectivity index (χ0v) is 14.4. The molecule has 4 rings (SSSR count). The fourth-order valence-corrected chi connectivity index (χ4v) is 3.64. The van der Waals surface area contributed by atoms with Crippen LogP contribution in [0.3, 0.4) is 0 Å². The quantitative estimate of drug-likeness (QED) is 0.691. The first-order valence-corrected chi connectivity index (χ1v) is 8.57. The molecule has 2 atom stereocenters. The van der Waals surface area contributed by atoms with Gasteiger partial charge in [0, 0.05) is 16.3 Å². The Morgan fingerprint density at radius 1 is 1.23 bits per heavy atom. The van der Waals surface area contributed by atoms with Crippen LogP contribution >= 0.6 is 11.6 Å². The lowest BCUT2D eigenvalue weighted by atomic mass is 9.82. The summed E-state index contributed by atoms with van der Waals surface area (Å²) < 4.78 is 5.23. The van der Waals surface area contributed by atoms with Crippen molar-refractivity contribution in [1.82, 2.24) is 0 Å². The summed E-state index contributed by atoms with van der Waals surface area (Å²) in [6.45, 7) is 0. The van der Waals surface area contributed by atoms with Gasteiger partial charge in [-0.15, -0.1) is 0 Å². The van der Waals surface area contributed by atoms with Gasteiger partial charge in [0.05, 0.1) is 6.10 Å². The smallest absolute Gasteiger partial charge is 0.354 e. The van der Waals surface area contributed by atoms with Crippen LogP contribution in [0, 0.1) is 17.2 Å². The predicted octanol–water partition coefficient (Wildman–Crippen LogP) is 4.24. The van der Waals surface area contributed by atoms with Gasteiger partial charge >= 0.3 is 5.63 Å². The van der Waals surface area contributed by atoms with Gasteiger partial charge in [0.1, 0.15) is 17.2 Å². The van der Waals surface area contributed by atoms with Gasteiger partial charge in [-0.05, 0) is 41.3 Å². The molecule has 0 fully saturated rings. The summed E-state index contributed by atoms with van der Waals surface area (Å²) in [5, 5.41) is 21.3. The number of hydrogen-bond donors (Lipinski definition) is 1. The molecule has 0 unspecified atom stereocenters. The highest BCUT2D eigenvalue weighted by atomic mass is 35.5. The number of nitriles is 1. The Balaban J connectivity index is 1.84. The number of halogens is 1. The Bertz CT molecular complexity index is 1140. The summed E-state index contributed by atoms with van der Waals surface area (Å²) in [4.78, 5) is 12.2. The molecule has 3 aromatic rings. The number of aliphatic hydroxyl groups excluding tert-OH is 1. The molecule has 128 valence electrons. The molecular weight excluding hydrogens is 350 g/mol. The first-order valence-electron chi connectivity index (χ1n) is 8.19. The SMILES string of the molecule is N#Cc1c(C[C@@H]2C=Cc3ccccc3[C@H]2O)c2cc(Cl)ccc2oc1=O. The molecule has 1 aliphatic rings. The van der Waals surface area contributed by atoms with Gasteiger partial charge in [0.25, 0.3) is 0 Å². The van der Waals surface area contributed by atoms with Crippen LogP contribution in [-0.4, -0.2) is 5.11 Å². The maximum absolute atomic E-state index is 12.2. The second-order valence-electron chi connectivity index (χ2n) is 6.30. The zero-order valence-electron chi connectivity index (χ0n) is 13.6. The highest BCUT2D eigenvalue weighted by molar-refractivity contribution is 6.31. The molecule has 0 spiro atoms. The van der Waals surface area contributed by atoms with Crippen molar-refractivity contribution in [2.45, 2.75) is 12.5 Å². The van der Waals surface area contributed by atoms with Crippen molar-refractivity contribution in [3.63, 3.8) is 0 Å². The summed E-state index contributed by atoms with van der Waals surface area (Å²) >= 11 is 6.10. The molecule has 4 nitrogen and oxygen atoms in total. The lowest BCUT2D eigenvalue weighted by molar-refractivity contribution is 0.130. The third-order valence-corrected chi connectivity index (χ3v) is 5.01. The average molecular weight is 364 g/mol. The second kappa shape index (κ2) is 6.45. The first-order chi connectivity index (χ1) is 12.6. The number of fused-ring (bicyclic) bond motifs is 2. The molecule has 5 heteroatoms. The molecular formula is C21H14ClNO3. The van der Waals surface area contributed by atoms with Crippen LogP contribution in [0.5, 0.6) is 0 Å². The molecule has 0 saturated heterocycles.